The molecule has 3 rings (SSSR count). The summed E-state index contributed by atoms with van der Waals surface area (Å²) in [7, 11) is 1.75. The molecule has 0 aromatic heterocycles. The van der Waals surface area contributed by atoms with Crippen molar-refractivity contribution in [3.05, 3.63) is 29.8 Å². The van der Waals surface area contributed by atoms with Gasteiger partial charge < -0.3 is 20.5 Å². The van der Waals surface area contributed by atoms with Gasteiger partial charge in [0.15, 0.2) is 5.96 Å². The van der Waals surface area contributed by atoms with Crippen molar-refractivity contribution in [2.24, 2.45) is 4.99 Å². The number of para-hydroxylation sites is 1. The summed E-state index contributed by atoms with van der Waals surface area (Å²) in [6, 6.07) is 8.95. The van der Waals surface area contributed by atoms with Crippen LogP contribution in [-0.2, 0) is 0 Å². The molecule has 1 unspecified atom stereocenters. The highest BCUT2D eigenvalue weighted by Crippen LogP contribution is 2.31. The summed E-state index contributed by atoms with van der Waals surface area (Å²) in [6.07, 6.45) is 7.40. The summed E-state index contributed by atoms with van der Waals surface area (Å²) < 4.78 is 5.67. The largest absolute Gasteiger partial charge is 0.496 e. The number of methoxy groups -OCH3 is 1. The molecule has 162 valence electrons. The number of piperidine rings is 1. The number of benzene rings is 1. The molecule has 0 spiro atoms. The van der Waals surface area contributed by atoms with Gasteiger partial charge in [0.05, 0.1) is 25.8 Å². The first-order valence-electron chi connectivity index (χ1n) is 11.3. The fourth-order valence-corrected chi connectivity index (χ4v) is 4.49. The molecule has 3 N–H and O–H groups in total. The number of hydrogen-bond donors (Lipinski definition) is 3. The van der Waals surface area contributed by atoms with E-state index < -0.39 is 0 Å². The van der Waals surface area contributed by atoms with Crippen LogP contribution in [0, 0.1) is 0 Å². The standard InChI is InChI=1S/C23H38N4O2/c1-3-24-23(26-18-11-13-19(28)14-12-18)25-17-21(27-15-7-4-8-16-27)20-9-5-6-10-22(20)29-2/h5-6,9-10,18-19,21,28H,3-4,7-8,11-17H2,1-2H3,(H2,24,25,26). The van der Waals surface area contributed by atoms with Crippen LogP contribution >= 0.6 is 0 Å². The molecule has 0 amide bonds. The minimum Gasteiger partial charge on any atom is -0.496 e. The third-order valence-corrected chi connectivity index (χ3v) is 6.13. The van der Waals surface area contributed by atoms with E-state index in [9.17, 15) is 5.11 Å². The predicted molar refractivity (Wildman–Crippen MR) is 119 cm³/mol. The average molecular weight is 403 g/mol. The van der Waals surface area contributed by atoms with E-state index in [4.69, 9.17) is 9.73 Å². The van der Waals surface area contributed by atoms with E-state index in [2.05, 4.69) is 34.6 Å². The summed E-state index contributed by atoms with van der Waals surface area (Å²) in [6.45, 7) is 5.87. The van der Waals surface area contributed by atoms with Gasteiger partial charge in [0.2, 0.25) is 0 Å². The minimum absolute atomic E-state index is 0.137. The Morgan fingerprint density at radius 3 is 2.59 bits per heavy atom. The second kappa shape index (κ2) is 11.4. The highest BCUT2D eigenvalue weighted by Gasteiger charge is 2.25. The molecule has 6 heteroatoms. The Morgan fingerprint density at radius 2 is 1.90 bits per heavy atom. The summed E-state index contributed by atoms with van der Waals surface area (Å²) in [5.41, 5.74) is 1.22. The number of nitrogens with one attached hydrogen (secondary N) is 2. The van der Waals surface area contributed by atoms with Crippen LogP contribution in [-0.4, -0.2) is 61.4 Å². The fraction of sp³-hybridized carbons (Fsp3) is 0.696. The lowest BCUT2D eigenvalue weighted by Gasteiger charge is -2.35. The number of aliphatic hydroxyl groups excluding tert-OH is 1. The summed E-state index contributed by atoms with van der Waals surface area (Å²) in [5, 5.41) is 16.8. The van der Waals surface area contributed by atoms with Crippen molar-refractivity contribution in [3.63, 3.8) is 0 Å². The smallest absolute Gasteiger partial charge is 0.191 e. The Labute approximate surface area is 175 Å². The SMILES string of the molecule is CCNC(=NCC(c1ccccc1OC)N1CCCCC1)NC1CCC(O)CC1. The van der Waals surface area contributed by atoms with Crippen molar-refractivity contribution in [2.45, 2.75) is 70.1 Å². The number of rotatable bonds is 7. The van der Waals surface area contributed by atoms with Crippen molar-refractivity contribution in [3.8, 4) is 5.75 Å². The highest BCUT2D eigenvalue weighted by atomic mass is 16.5. The lowest BCUT2D eigenvalue weighted by Crippen LogP contribution is -2.46. The monoisotopic (exact) mass is 402 g/mol. The molecule has 1 aromatic carbocycles. The van der Waals surface area contributed by atoms with Gasteiger partial charge in [-0.3, -0.25) is 9.89 Å². The van der Waals surface area contributed by atoms with Crippen molar-refractivity contribution >= 4 is 5.96 Å². The minimum atomic E-state index is -0.137. The van der Waals surface area contributed by atoms with Gasteiger partial charge in [-0.1, -0.05) is 24.6 Å². The summed E-state index contributed by atoms with van der Waals surface area (Å²) in [5.74, 6) is 1.82. The molecule has 0 bridgehead atoms. The maximum atomic E-state index is 9.77. The molecule has 2 fully saturated rings. The molecule has 1 saturated carbocycles. The second-order valence-electron chi connectivity index (χ2n) is 8.22. The van der Waals surface area contributed by atoms with Gasteiger partial charge in [0.1, 0.15) is 5.75 Å². The zero-order valence-corrected chi connectivity index (χ0v) is 18.1. The van der Waals surface area contributed by atoms with Gasteiger partial charge in [-0.15, -0.1) is 0 Å². The Hall–Kier alpha value is -1.79. The Balaban J connectivity index is 1.75. The normalized spacial score (nSPS) is 24.7. The zero-order chi connectivity index (χ0) is 20.5. The molecular formula is C23H38N4O2. The van der Waals surface area contributed by atoms with Crippen LogP contribution in [0.25, 0.3) is 0 Å². The van der Waals surface area contributed by atoms with Gasteiger partial charge in [-0.25, -0.2) is 0 Å². The summed E-state index contributed by atoms with van der Waals surface area (Å²) in [4.78, 5) is 7.55. The molecule has 1 atom stereocenters. The molecule has 6 nitrogen and oxygen atoms in total. The van der Waals surface area contributed by atoms with Crippen molar-refractivity contribution in [2.75, 3.05) is 33.3 Å². The number of guanidine groups is 1. The number of aliphatic imine (C=N–C) groups is 1. The van der Waals surface area contributed by atoms with E-state index in [0.29, 0.717) is 12.6 Å². The third kappa shape index (κ3) is 6.34. The topological polar surface area (TPSA) is 69.1 Å². The molecule has 1 heterocycles. The van der Waals surface area contributed by atoms with E-state index in [1.807, 2.05) is 12.1 Å². The van der Waals surface area contributed by atoms with Crippen LogP contribution in [0.1, 0.15) is 63.5 Å². The first-order valence-corrected chi connectivity index (χ1v) is 11.3. The van der Waals surface area contributed by atoms with Crippen LogP contribution in [0.3, 0.4) is 0 Å². The number of likely N-dealkylation sites (tertiary alicyclic amines) is 1. The number of ether oxygens (including phenoxy) is 1. The maximum Gasteiger partial charge on any atom is 0.191 e. The molecule has 0 radical (unpaired) electrons. The highest BCUT2D eigenvalue weighted by molar-refractivity contribution is 5.80. The zero-order valence-electron chi connectivity index (χ0n) is 18.1. The van der Waals surface area contributed by atoms with Gasteiger partial charge in [-0.2, -0.15) is 0 Å². The molecule has 1 aromatic rings. The Bertz CT molecular complexity index is 638. The fourth-order valence-electron chi connectivity index (χ4n) is 4.49. The Morgan fingerprint density at radius 1 is 1.17 bits per heavy atom. The van der Waals surface area contributed by atoms with Crippen LogP contribution in [0.5, 0.6) is 5.75 Å². The van der Waals surface area contributed by atoms with Crippen molar-refractivity contribution in [1.82, 2.24) is 15.5 Å². The van der Waals surface area contributed by atoms with Crippen LogP contribution in [0.15, 0.2) is 29.3 Å². The molecule has 2 aliphatic rings. The predicted octanol–water partition coefficient (Wildman–Crippen LogP) is 3.08. The average Bonchev–Trinajstić information content (AvgIpc) is 2.76. The van der Waals surface area contributed by atoms with E-state index >= 15 is 0 Å². The van der Waals surface area contributed by atoms with Gasteiger partial charge in [0, 0.05) is 18.2 Å². The second-order valence-corrected chi connectivity index (χ2v) is 8.22. The van der Waals surface area contributed by atoms with Gasteiger partial charge >= 0.3 is 0 Å². The number of hydrogen-bond acceptors (Lipinski definition) is 4. The van der Waals surface area contributed by atoms with E-state index in [-0.39, 0.29) is 12.1 Å². The van der Waals surface area contributed by atoms with Crippen LogP contribution in [0.4, 0.5) is 0 Å². The van der Waals surface area contributed by atoms with Crippen LogP contribution in [0.2, 0.25) is 0 Å². The van der Waals surface area contributed by atoms with Gasteiger partial charge in [0.25, 0.3) is 0 Å². The van der Waals surface area contributed by atoms with Crippen molar-refractivity contribution < 1.29 is 9.84 Å². The number of nitrogens with zero attached hydrogens (tertiary/aromatic N) is 2. The lowest BCUT2D eigenvalue weighted by molar-refractivity contribution is 0.120. The van der Waals surface area contributed by atoms with Crippen molar-refractivity contribution in [1.29, 1.82) is 0 Å². The molecular weight excluding hydrogens is 364 g/mol. The van der Waals surface area contributed by atoms with Gasteiger partial charge in [-0.05, 0) is 64.6 Å². The number of aliphatic hydroxyl groups is 1. The summed E-state index contributed by atoms with van der Waals surface area (Å²) >= 11 is 0. The Kier molecular flexibility index (Phi) is 8.62. The third-order valence-electron chi connectivity index (χ3n) is 6.13. The van der Waals surface area contributed by atoms with E-state index in [0.717, 1.165) is 57.0 Å². The molecule has 1 aliphatic heterocycles. The first kappa shape index (κ1) is 21.9. The first-order chi connectivity index (χ1) is 14.2. The van der Waals surface area contributed by atoms with E-state index in [1.54, 1.807) is 7.11 Å². The quantitative estimate of drug-likeness (QED) is 0.483. The molecule has 29 heavy (non-hydrogen) atoms. The van der Waals surface area contributed by atoms with Crippen LogP contribution < -0.4 is 15.4 Å². The molecule has 1 aliphatic carbocycles. The molecule has 1 saturated heterocycles. The lowest BCUT2D eigenvalue weighted by atomic mass is 9.93. The van der Waals surface area contributed by atoms with E-state index in [1.165, 1.54) is 24.8 Å². The maximum absolute atomic E-state index is 9.77.